The molecular weight excluding hydrogens is 949 g/mol. The standard InChI is InChI=1S/C71H116O6/c1-4-7-10-13-16-19-21-23-25-27-29-31-33-34-35-36-38-39-41-43-45-47-49-52-55-58-61-64-70(73)76-67-68(66-75-69(72)63-60-57-54-51-18-15-12-9-6-3)77-71(74)65-62-59-56-53-50-48-46-44-42-40-37-32-30-28-26-24-22-20-17-14-11-8-5-2/h7-8,10-11,16-17,19-20,23-26,29-32,34-35,38-39,43,45,68H,4-6,9,12-15,18,21-22,27-28,33,36-37,40-42,44,46-67H2,1-3H3/b10-7-,11-8-,19-16-,20-17-,25-23-,26-24-,31-29-,32-30-,35-34-,39-38-,45-43-. The zero-order chi connectivity index (χ0) is 55.7. The maximum atomic E-state index is 12.9. The van der Waals surface area contributed by atoms with Crippen LogP contribution in [-0.4, -0.2) is 37.2 Å². The summed E-state index contributed by atoms with van der Waals surface area (Å²) in [6.45, 7) is 6.38. The second-order valence-corrected chi connectivity index (χ2v) is 20.6. The zero-order valence-corrected chi connectivity index (χ0v) is 49.9. The van der Waals surface area contributed by atoms with E-state index in [0.29, 0.717) is 19.3 Å². The van der Waals surface area contributed by atoms with Gasteiger partial charge in [0, 0.05) is 19.3 Å². The fourth-order valence-electron chi connectivity index (χ4n) is 8.47. The number of carbonyl (C=O) groups excluding carboxylic acids is 3. The van der Waals surface area contributed by atoms with E-state index in [2.05, 4.69) is 154 Å². The summed E-state index contributed by atoms with van der Waals surface area (Å²) in [7, 11) is 0. The van der Waals surface area contributed by atoms with Gasteiger partial charge in [-0.15, -0.1) is 0 Å². The quantitative estimate of drug-likeness (QED) is 0.0261. The molecular formula is C71H116O6. The highest BCUT2D eigenvalue weighted by Crippen LogP contribution is 2.15. The Morgan fingerprint density at radius 2 is 0.506 bits per heavy atom. The van der Waals surface area contributed by atoms with Gasteiger partial charge in [-0.05, 0) is 116 Å². The summed E-state index contributed by atoms with van der Waals surface area (Å²) in [4.78, 5) is 38.2. The topological polar surface area (TPSA) is 78.9 Å². The van der Waals surface area contributed by atoms with Crippen molar-refractivity contribution in [1.29, 1.82) is 0 Å². The average molecular weight is 1070 g/mol. The van der Waals surface area contributed by atoms with Crippen molar-refractivity contribution in [2.45, 2.75) is 284 Å². The second kappa shape index (κ2) is 64.1. The van der Waals surface area contributed by atoms with E-state index in [1.807, 2.05) is 0 Å². The highest BCUT2D eigenvalue weighted by Gasteiger charge is 2.19. The normalized spacial score (nSPS) is 13.0. The molecule has 0 N–H and O–H groups in total. The summed E-state index contributed by atoms with van der Waals surface area (Å²) >= 11 is 0. The van der Waals surface area contributed by atoms with E-state index in [1.165, 1.54) is 89.9 Å². The molecule has 0 aliphatic carbocycles. The third-order valence-electron chi connectivity index (χ3n) is 13.2. The summed E-state index contributed by atoms with van der Waals surface area (Å²) in [5.74, 6) is -0.913. The molecule has 0 saturated heterocycles. The molecule has 0 aromatic rings. The molecule has 77 heavy (non-hydrogen) atoms. The summed E-state index contributed by atoms with van der Waals surface area (Å²) in [5, 5.41) is 0. The Labute approximate surface area is 475 Å². The Hall–Kier alpha value is -4.45. The third kappa shape index (κ3) is 62.3. The van der Waals surface area contributed by atoms with Crippen molar-refractivity contribution < 1.29 is 28.6 Å². The molecule has 0 heterocycles. The predicted molar refractivity (Wildman–Crippen MR) is 334 cm³/mol. The van der Waals surface area contributed by atoms with Crippen molar-refractivity contribution in [3.63, 3.8) is 0 Å². The van der Waals surface area contributed by atoms with Crippen molar-refractivity contribution >= 4 is 17.9 Å². The maximum absolute atomic E-state index is 12.9. The first kappa shape index (κ1) is 72.5. The number of ether oxygens (including phenoxy) is 3. The van der Waals surface area contributed by atoms with Crippen molar-refractivity contribution in [1.82, 2.24) is 0 Å². The highest BCUT2D eigenvalue weighted by molar-refractivity contribution is 5.71. The molecule has 1 atom stereocenters. The van der Waals surface area contributed by atoms with E-state index < -0.39 is 6.10 Å². The fourth-order valence-corrected chi connectivity index (χ4v) is 8.47. The van der Waals surface area contributed by atoms with Gasteiger partial charge >= 0.3 is 17.9 Å². The second-order valence-electron chi connectivity index (χ2n) is 20.6. The van der Waals surface area contributed by atoms with Gasteiger partial charge in [-0.25, -0.2) is 0 Å². The predicted octanol–water partition coefficient (Wildman–Crippen LogP) is 21.8. The van der Waals surface area contributed by atoms with Crippen LogP contribution < -0.4 is 0 Å². The SMILES string of the molecule is CC/C=C\C/C=C\C/C=C\C/C=C\C/C=C\C/C=C\C/C=C\CCCCCCCC(=O)OCC(COC(=O)CCCCCCCCCCC)OC(=O)CCCCCCCCCCCC/C=C\C/C=C\C/C=C\C/C=C\CC. The Morgan fingerprint density at radius 1 is 0.273 bits per heavy atom. The molecule has 0 aromatic carbocycles. The van der Waals surface area contributed by atoms with Crippen LogP contribution in [0.3, 0.4) is 0 Å². The van der Waals surface area contributed by atoms with Gasteiger partial charge in [0.25, 0.3) is 0 Å². The maximum Gasteiger partial charge on any atom is 0.306 e. The molecule has 6 heteroatoms. The van der Waals surface area contributed by atoms with Crippen molar-refractivity contribution in [3.8, 4) is 0 Å². The molecule has 0 rings (SSSR count). The minimum absolute atomic E-state index is 0.0877. The van der Waals surface area contributed by atoms with Gasteiger partial charge < -0.3 is 14.2 Å². The molecule has 436 valence electrons. The zero-order valence-electron chi connectivity index (χ0n) is 49.9. The van der Waals surface area contributed by atoms with Gasteiger partial charge in [0.2, 0.25) is 0 Å². The van der Waals surface area contributed by atoms with Gasteiger partial charge in [0.1, 0.15) is 13.2 Å². The lowest BCUT2D eigenvalue weighted by atomic mass is 10.0. The van der Waals surface area contributed by atoms with Crippen molar-refractivity contribution in [2.75, 3.05) is 13.2 Å². The number of carbonyl (C=O) groups is 3. The summed E-state index contributed by atoms with van der Waals surface area (Å²) in [6, 6.07) is 0. The van der Waals surface area contributed by atoms with Crippen LogP contribution >= 0.6 is 0 Å². The first-order valence-electron chi connectivity index (χ1n) is 31.7. The van der Waals surface area contributed by atoms with Gasteiger partial charge in [-0.3, -0.25) is 14.4 Å². The first-order chi connectivity index (χ1) is 38.0. The van der Waals surface area contributed by atoms with Crippen molar-refractivity contribution in [3.05, 3.63) is 134 Å². The molecule has 0 aliphatic rings. The number of hydrogen-bond donors (Lipinski definition) is 0. The summed E-state index contributed by atoms with van der Waals surface area (Å²) < 4.78 is 16.9. The van der Waals surface area contributed by atoms with Gasteiger partial charge in [-0.2, -0.15) is 0 Å². The van der Waals surface area contributed by atoms with Crippen LogP contribution in [0.1, 0.15) is 278 Å². The van der Waals surface area contributed by atoms with Crippen LogP contribution in [0.15, 0.2) is 134 Å². The van der Waals surface area contributed by atoms with E-state index in [0.717, 1.165) is 148 Å². The molecule has 1 unspecified atom stereocenters. The van der Waals surface area contributed by atoms with E-state index in [-0.39, 0.29) is 31.1 Å². The number of unbranched alkanes of at least 4 members (excludes halogenated alkanes) is 23. The molecule has 0 spiro atoms. The minimum Gasteiger partial charge on any atom is -0.462 e. The van der Waals surface area contributed by atoms with Crippen LogP contribution in [0.5, 0.6) is 0 Å². The fraction of sp³-hybridized carbons (Fsp3) is 0.648. The third-order valence-corrected chi connectivity index (χ3v) is 13.2. The largest absolute Gasteiger partial charge is 0.462 e. The molecule has 0 fully saturated rings. The number of hydrogen-bond acceptors (Lipinski definition) is 6. The van der Waals surface area contributed by atoms with Gasteiger partial charge in [0.05, 0.1) is 0 Å². The van der Waals surface area contributed by atoms with Gasteiger partial charge in [0.15, 0.2) is 6.10 Å². The highest BCUT2D eigenvalue weighted by atomic mass is 16.6. The molecule has 0 bridgehead atoms. The van der Waals surface area contributed by atoms with E-state index >= 15 is 0 Å². The van der Waals surface area contributed by atoms with Gasteiger partial charge in [-0.1, -0.05) is 276 Å². The van der Waals surface area contributed by atoms with Crippen LogP contribution in [0.4, 0.5) is 0 Å². The lowest BCUT2D eigenvalue weighted by Gasteiger charge is -2.18. The summed E-state index contributed by atoms with van der Waals surface area (Å²) in [5.41, 5.74) is 0. The number of rotatable bonds is 56. The number of esters is 3. The van der Waals surface area contributed by atoms with Crippen LogP contribution in [0.25, 0.3) is 0 Å². The lowest BCUT2D eigenvalue weighted by Crippen LogP contribution is -2.30. The summed E-state index contributed by atoms with van der Waals surface area (Å²) in [6.07, 6.45) is 90.3. The van der Waals surface area contributed by atoms with E-state index in [1.54, 1.807) is 0 Å². The minimum atomic E-state index is -0.792. The monoisotopic (exact) mass is 1060 g/mol. The van der Waals surface area contributed by atoms with Crippen LogP contribution in [-0.2, 0) is 28.6 Å². The van der Waals surface area contributed by atoms with E-state index in [4.69, 9.17) is 14.2 Å². The molecule has 0 amide bonds. The Bertz CT molecular complexity index is 1650. The lowest BCUT2D eigenvalue weighted by molar-refractivity contribution is -0.167. The number of allylic oxidation sites excluding steroid dienone is 22. The molecule has 6 nitrogen and oxygen atoms in total. The van der Waals surface area contributed by atoms with Crippen LogP contribution in [0, 0.1) is 0 Å². The first-order valence-corrected chi connectivity index (χ1v) is 31.7. The van der Waals surface area contributed by atoms with Crippen molar-refractivity contribution in [2.24, 2.45) is 0 Å². The molecule has 0 saturated carbocycles. The average Bonchev–Trinajstić information content (AvgIpc) is 3.43. The molecule has 0 aromatic heterocycles. The van der Waals surface area contributed by atoms with Crippen LogP contribution in [0.2, 0.25) is 0 Å². The Kier molecular flexibility index (Phi) is 60.4. The smallest absolute Gasteiger partial charge is 0.306 e. The Balaban J connectivity index is 4.30. The molecule has 0 aliphatic heterocycles. The Morgan fingerprint density at radius 3 is 0.792 bits per heavy atom. The molecule has 0 radical (unpaired) electrons. The van der Waals surface area contributed by atoms with E-state index in [9.17, 15) is 14.4 Å².